The van der Waals surface area contributed by atoms with Crippen LogP contribution < -0.4 is 4.90 Å². The molecule has 1 aliphatic heterocycles. The summed E-state index contributed by atoms with van der Waals surface area (Å²) in [6, 6.07) is 7.56. The number of ether oxygens (including phenoxy) is 2. The Morgan fingerprint density at radius 2 is 1.67 bits per heavy atom. The zero-order chi connectivity index (χ0) is 19.4. The van der Waals surface area contributed by atoms with Crippen LogP contribution in [-0.2, 0) is 26.1 Å². The summed E-state index contributed by atoms with van der Waals surface area (Å²) in [6.07, 6.45) is 10.3. The number of methoxy groups -OCH3 is 2. The predicted molar refractivity (Wildman–Crippen MR) is 100 cm³/mol. The SMILES string of the molecule is COC(=O)C1=C(C(=O)OC)N(c2ccc(-c3cnn(C)c3)cc2)C=CC=C1. The summed E-state index contributed by atoms with van der Waals surface area (Å²) in [5.41, 5.74) is 2.87. The summed E-state index contributed by atoms with van der Waals surface area (Å²) in [5, 5.41) is 4.17. The van der Waals surface area contributed by atoms with Crippen molar-refractivity contribution < 1.29 is 19.1 Å². The van der Waals surface area contributed by atoms with Crippen LogP contribution in [-0.4, -0.2) is 35.9 Å². The van der Waals surface area contributed by atoms with E-state index in [1.54, 1.807) is 34.1 Å². The molecule has 2 heterocycles. The molecule has 1 aliphatic rings. The van der Waals surface area contributed by atoms with E-state index in [0.29, 0.717) is 5.69 Å². The minimum atomic E-state index is -0.636. The van der Waals surface area contributed by atoms with Crippen LogP contribution in [0.5, 0.6) is 0 Å². The third-order valence-corrected chi connectivity index (χ3v) is 4.07. The van der Waals surface area contributed by atoms with Gasteiger partial charge >= 0.3 is 11.9 Å². The van der Waals surface area contributed by atoms with Gasteiger partial charge in [0, 0.05) is 30.7 Å². The fourth-order valence-corrected chi connectivity index (χ4v) is 2.75. The molecule has 138 valence electrons. The molecule has 1 aromatic heterocycles. The smallest absolute Gasteiger partial charge is 0.355 e. The van der Waals surface area contributed by atoms with Crippen molar-refractivity contribution >= 4 is 17.6 Å². The van der Waals surface area contributed by atoms with E-state index in [2.05, 4.69) is 5.10 Å². The molecule has 0 fully saturated rings. The van der Waals surface area contributed by atoms with Crippen LogP contribution in [0, 0.1) is 0 Å². The lowest BCUT2D eigenvalue weighted by Gasteiger charge is -2.23. The normalized spacial score (nSPS) is 13.5. The monoisotopic (exact) mass is 365 g/mol. The molecule has 0 unspecified atom stereocenters. The molecular weight excluding hydrogens is 346 g/mol. The van der Waals surface area contributed by atoms with Gasteiger partial charge in [-0.3, -0.25) is 4.68 Å². The Bertz CT molecular complexity index is 952. The third kappa shape index (κ3) is 3.67. The lowest BCUT2D eigenvalue weighted by Crippen LogP contribution is -2.26. The molecule has 3 rings (SSSR count). The number of aromatic nitrogens is 2. The Labute approximate surface area is 156 Å². The number of carbonyl (C=O) groups excluding carboxylic acids is 2. The Morgan fingerprint density at radius 1 is 0.963 bits per heavy atom. The number of benzene rings is 1. The van der Waals surface area contributed by atoms with Crippen LogP contribution in [0.15, 0.2) is 72.4 Å². The minimum Gasteiger partial charge on any atom is -0.465 e. The number of anilines is 1. The summed E-state index contributed by atoms with van der Waals surface area (Å²) >= 11 is 0. The molecule has 0 amide bonds. The minimum absolute atomic E-state index is 0.0866. The Hall–Kier alpha value is -3.61. The van der Waals surface area contributed by atoms with Crippen molar-refractivity contribution in [2.45, 2.75) is 0 Å². The number of esters is 2. The molecule has 27 heavy (non-hydrogen) atoms. The number of carbonyl (C=O) groups is 2. The quantitative estimate of drug-likeness (QED) is 0.776. The van der Waals surface area contributed by atoms with Gasteiger partial charge < -0.3 is 14.4 Å². The first-order chi connectivity index (χ1) is 13.0. The number of aryl methyl sites for hydroxylation is 1. The predicted octanol–water partition coefficient (Wildman–Crippen LogP) is 2.58. The number of nitrogens with zero attached hydrogens (tertiary/aromatic N) is 3. The van der Waals surface area contributed by atoms with Crippen molar-refractivity contribution in [1.82, 2.24) is 9.78 Å². The second-order valence-electron chi connectivity index (χ2n) is 5.77. The van der Waals surface area contributed by atoms with E-state index >= 15 is 0 Å². The fourth-order valence-electron chi connectivity index (χ4n) is 2.75. The molecule has 1 aromatic carbocycles. The maximum atomic E-state index is 12.4. The van der Waals surface area contributed by atoms with Crippen molar-refractivity contribution in [3.63, 3.8) is 0 Å². The van der Waals surface area contributed by atoms with E-state index in [4.69, 9.17) is 9.47 Å². The van der Waals surface area contributed by atoms with Crippen LogP contribution in [0.25, 0.3) is 11.1 Å². The number of hydrogen-bond acceptors (Lipinski definition) is 6. The summed E-state index contributed by atoms with van der Waals surface area (Å²) < 4.78 is 11.4. The van der Waals surface area contributed by atoms with E-state index in [9.17, 15) is 9.59 Å². The maximum absolute atomic E-state index is 12.4. The lowest BCUT2D eigenvalue weighted by atomic mass is 10.1. The Balaban J connectivity index is 2.04. The highest BCUT2D eigenvalue weighted by atomic mass is 16.5. The van der Waals surface area contributed by atoms with Crippen LogP contribution in [0.4, 0.5) is 5.69 Å². The number of rotatable bonds is 4. The van der Waals surface area contributed by atoms with Gasteiger partial charge in [-0.15, -0.1) is 0 Å². The topological polar surface area (TPSA) is 73.7 Å². The highest BCUT2D eigenvalue weighted by Crippen LogP contribution is 2.28. The molecule has 7 heteroatoms. The highest BCUT2D eigenvalue weighted by molar-refractivity contribution is 6.05. The van der Waals surface area contributed by atoms with Gasteiger partial charge in [-0.25, -0.2) is 9.59 Å². The third-order valence-electron chi connectivity index (χ3n) is 4.07. The molecule has 0 N–H and O–H groups in total. The molecule has 0 spiro atoms. The van der Waals surface area contributed by atoms with Crippen molar-refractivity contribution in [2.75, 3.05) is 19.1 Å². The van der Waals surface area contributed by atoms with E-state index in [0.717, 1.165) is 11.1 Å². The highest BCUT2D eigenvalue weighted by Gasteiger charge is 2.27. The molecule has 0 aliphatic carbocycles. The standard InChI is InChI=1S/C20H19N3O4/c1-22-13-15(12-21-22)14-7-9-16(10-8-14)23-11-5-4-6-17(19(24)26-2)18(23)20(25)27-3/h4-13H,1-3H3. The summed E-state index contributed by atoms with van der Waals surface area (Å²) in [4.78, 5) is 26.2. The molecule has 7 nitrogen and oxygen atoms in total. The average molecular weight is 365 g/mol. The first-order valence-electron chi connectivity index (χ1n) is 8.19. The molecule has 0 atom stereocenters. The zero-order valence-electron chi connectivity index (χ0n) is 15.2. The van der Waals surface area contributed by atoms with Crippen LogP contribution in [0.2, 0.25) is 0 Å². The van der Waals surface area contributed by atoms with Gasteiger partial charge in [0.15, 0.2) is 0 Å². The van der Waals surface area contributed by atoms with Crippen molar-refractivity contribution in [2.24, 2.45) is 7.05 Å². The second kappa shape index (κ2) is 7.74. The van der Waals surface area contributed by atoms with Crippen LogP contribution >= 0.6 is 0 Å². The number of allylic oxidation sites excluding steroid dienone is 2. The summed E-state index contributed by atoms with van der Waals surface area (Å²) in [6.45, 7) is 0. The van der Waals surface area contributed by atoms with E-state index in [-0.39, 0.29) is 11.3 Å². The molecule has 0 saturated heterocycles. The van der Waals surface area contributed by atoms with Crippen molar-refractivity contribution in [1.29, 1.82) is 0 Å². The van der Waals surface area contributed by atoms with Crippen molar-refractivity contribution in [3.8, 4) is 11.1 Å². The molecule has 0 saturated carbocycles. The van der Waals surface area contributed by atoms with Gasteiger partial charge in [0.1, 0.15) is 5.70 Å². The maximum Gasteiger partial charge on any atom is 0.355 e. The van der Waals surface area contributed by atoms with Gasteiger partial charge in [0.2, 0.25) is 0 Å². The molecule has 0 bridgehead atoms. The zero-order valence-corrected chi connectivity index (χ0v) is 15.2. The number of hydrogen-bond donors (Lipinski definition) is 0. The largest absolute Gasteiger partial charge is 0.465 e. The van der Waals surface area contributed by atoms with Gasteiger partial charge in [0.25, 0.3) is 0 Å². The summed E-state index contributed by atoms with van der Waals surface area (Å²) in [5.74, 6) is -1.25. The van der Waals surface area contributed by atoms with Gasteiger partial charge in [0.05, 0.1) is 26.0 Å². The lowest BCUT2D eigenvalue weighted by molar-refractivity contribution is -0.139. The first kappa shape index (κ1) is 18.2. The van der Waals surface area contributed by atoms with Gasteiger partial charge in [-0.05, 0) is 29.8 Å². The van der Waals surface area contributed by atoms with Crippen LogP contribution in [0.1, 0.15) is 0 Å². The Kier molecular flexibility index (Phi) is 5.21. The van der Waals surface area contributed by atoms with Gasteiger partial charge in [-0.1, -0.05) is 18.2 Å². The summed E-state index contributed by atoms with van der Waals surface area (Å²) in [7, 11) is 4.39. The van der Waals surface area contributed by atoms with E-state index < -0.39 is 11.9 Å². The molecule has 2 aromatic rings. The Morgan fingerprint density at radius 3 is 2.26 bits per heavy atom. The first-order valence-corrected chi connectivity index (χ1v) is 8.19. The second-order valence-corrected chi connectivity index (χ2v) is 5.77. The van der Waals surface area contributed by atoms with E-state index in [1.807, 2.05) is 37.5 Å². The molecule has 0 radical (unpaired) electrons. The fraction of sp³-hybridized carbons (Fsp3) is 0.150. The van der Waals surface area contributed by atoms with E-state index in [1.165, 1.54) is 20.3 Å². The van der Waals surface area contributed by atoms with Crippen LogP contribution in [0.3, 0.4) is 0 Å². The average Bonchev–Trinajstić information content (AvgIpc) is 3.01. The van der Waals surface area contributed by atoms with Gasteiger partial charge in [-0.2, -0.15) is 5.10 Å². The molecular formula is C20H19N3O4. The van der Waals surface area contributed by atoms with Crippen molar-refractivity contribution in [3.05, 3.63) is 72.4 Å².